The van der Waals surface area contributed by atoms with Crippen molar-refractivity contribution in [2.75, 3.05) is 18.0 Å². The zero-order valence-electron chi connectivity index (χ0n) is 10.1. The molecule has 1 aromatic heterocycles. The Morgan fingerprint density at radius 1 is 1.59 bits per heavy atom. The lowest BCUT2D eigenvalue weighted by atomic mass is 9.99. The van der Waals surface area contributed by atoms with E-state index in [9.17, 15) is 4.79 Å². The second-order valence-corrected chi connectivity index (χ2v) is 5.30. The summed E-state index contributed by atoms with van der Waals surface area (Å²) in [6.07, 6.45) is 1.92. The molecule has 1 aliphatic rings. The Morgan fingerprint density at radius 3 is 2.94 bits per heavy atom. The molecule has 1 saturated heterocycles. The van der Waals surface area contributed by atoms with Gasteiger partial charge >= 0.3 is 5.97 Å². The number of aryl methyl sites for hydroxylation is 1. The monoisotopic (exact) mass is 255 g/mol. The lowest BCUT2D eigenvalue weighted by Gasteiger charge is -2.12. The van der Waals surface area contributed by atoms with Crippen LogP contribution in [0, 0.1) is 11.8 Å². The van der Waals surface area contributed by atoms with Crippen molar-refractivity contribution in [2.45, 2.75) is 26.7 Å². The number of aromatic nitrogens is 2. The molecular weight excluding hydrogens is 238 g/mol. The molecule has 5 nitrogen and oxygen atoms in total. The summed E-state index contributed by atoms with van der Waals surface area (Å²) >= 11 is 1.37. The maximum atomic E-state index is 11.0. The number of hydrogen-bond donors (Lipinski definition) is 1. The highest BCUT2D eigenvalue weighted by Gasteiger charge is 2.35. The summed E-state index contributed by atoms with van der Waals surface area (Å²) in [5.41, 5.74) is 0. The Morgan fingerprint density at radius 2 is 2.35 bits per heavy atom. The van der Waals surface area contributed by atoms with Crippen molar-refractivity contribution in [3.8, 4) is 0 Å². The van der Waals surface area contributed by atoms with Crippen LogP contribution < -0.4 is 4.90 Å². The van der Waals surface area contributed by atoms with E-state index >= 15 is 0 Å². The van der Waals surface area contributed by atoms with Crippen LogP contribution in [0.3, 0.4) is 0 Å². The minimum absolute atomic E-state index is 0.172. The third-order valence-corrected chi connectivity index (χ3v) is 3.95. The minimum Gasteiger partial charge on any atom is -0.481 e. The number of carboxylic acid groups (broad SMARTS) is 1. The topological polar surface area (TPSA) is 66.3 Å². The number of carbonyl (C=O) groups is 1. The molecule has 0 spiro atoms. The lowest BCUT2D eigenvalue weighted by Crippen LogP contribution is -2.22. The standard InChI is InChI=1S/C11H17N3O2S/c1-3-4-9-12-11(17-13-9)14-5-7(2)8(6-14)10(15)16/h7-8H,3-6H2,1-2H3,(H,15,16). The van der Waals surface area contributed by atoms with Crippen molar-refractivity contribution in [2.24, 2.45) is 11.8 Å². The van der Waals surface area contributed by atoms with Gasteiger partial charge < -0.3 is 10.0 Å². The third-order valence-electron chi connectivity index (χ3n) is 3.13. The highest BCUT2D eigenvalue weighted by atomic mass is 32.1. The normalized spacial score (nSPS) is 24.2. The molecular formula is C11H17N3O2S. The lowest BCUT2D eigenvalue weighted by molar-refractivity contribution is -0.142. The van der Waals surface area contributed by atoms with Crippen LogP contribution in [-0.4, -0.2) is 33.5 Å². The van der Waals surface area contributed by atoms with Crippen LogP contribution in [0.5, 0.6) is 0 Å². The van der Waals surface area contributed by atoms with Crippen LogP contribution in [0.15, 0.2) is 0 Å². The average Bonchev–Trinajstić information content (AvgIpc) is 2.85. The van der Waals surface area contributed by atoms with Gasteiger partial charge in [0.2, 0.25) is 5.13 Å². The van der Waals surface area contributed by atoms with Crippen LogP contribution in [0.25, 0.3) is 0 Å². The number of carboxylic acids is 1. The maximum absolute atomic E-state index is 11.0. The molecule has 2 rings (SSSR count). The summed E-state index contributed by atoms with van der Waals surface area (Å²) in [7, 11) is 0. The van der Waals surface area contributed by atoms with Gasteiger partial charge in [-0.3, -0.25) is 4.79 Å². The van der Waals surface area contributed by atoms with Crippen LogP contribution in [0.1, 0.15) is 26.1 Å². The molecule has 0 saturated carbocycles. The molecule has 1 fully saturated rings. The Labute approximate surface area is 105 Å². The summed E-state index contributed by atoms with van der Waals surface area (Å²) in [4.78, 5) is 17.5. The number of rotatable bonds is 4. The fourth-order valence-corrected chi connectivity index (χ4v) is 2.87. The Kier molecular flexibility index (Phi) is 3.61. The highest BCUT2D eigenvalue weighted by molar-refractivity contribution is 7.09. The van der Waals surface area contributed by atoms with Gasteiger partial charge in [0.1, 0.15) is 5.82 Å². The number of hydrogen-bond acceptors (Lipinski definition) is 5. The molecule has 17 heavy (non-hydrogen) atoms. The number of aliphatic carboxylic acids is 1. The predicted octanol–water partition coefficient (Wildman–Crippen LogP) is 1.65. The summed E-state index contributed by atoms with van der Waals surface area (Å²) in [6, 6.07) is 0. The zero-order valence-corrected chi connectivity index (χ0v) is 10.9. The van der Waals surface area contributed by atoms with Crippen molar-refractivity contribution in [1.82, 2.24) is 9.36 Å². The fraction of sp³-hybridized carbons (Fsp3) is 0.727. The van der Waals surface area contributed by atoms with E-state index < -0.39 is 5.97 Å². The molecule has 0 radical (unpaired) electrons. The summed E-state index contributed by atoms with van der Waals surface area (Å²) < 4.78 is 4.29. The SMILES string of the molecule is CCCc1nsc(N2CC(C)C(C(=O)O)C2)n1. The van der Waals surface area contributed by atoms with Gasteiger partial charge in [0.05, 0.1) is 5.92 Å². The van der Waals surface area contributed by atoms with E-state index in [1.54, 1.807) is 0 Å². The van der Waals surface area contributed by atoms with Gasteiger partial charge in [-0.2, -0.15) is 4.37 Å². The van der Waals surface area contributed by atoms with E-state index in [0.717, 1.165) is 30.3 Å². The Hall–Kier alpha value is -1.17. The van der Waals surface area contributed by atoms with Gasteiger partial charge in [0, 0.05) is 31.0 Å². The molecule has 6 heteroatoms. The van der Waals surface area contributed by atoms with E-state index in [-0.39, 0.29) is 11.8 Å². The molecule has 0 aromatic carbocycles. The van der Waals surface area contributed by atoms with Crippen LogP contribution in [0.4, 0.5) is 5.13 Å². The van der Waals surface area contributed by atoms with Crippen molar-refractivity contribution in [3.63, 3.8) is 0 Å². The van der Waals surface area contributed by atoms with Crippen LogP contribution in [0.2, 0.25) is 0 Å². The van der Waals surface area contributed by atoms with Gasteiger partial charge in [-0.25, -0.2) is 4.98 Å². The van der Waals surface area contributed by atoms with Gasteiger partial charge in [-0.1, -0.05) is 13.8 Å². The Bertz CT molecular complexity index is 407. The largest absolute Gasteiger partial charge is 0.481 e. The Balaban J connectivity index is 2.06. The van der Waals surface area contributed by atoms with E-state index in [0.29, 0.717) is 6.54 Å². The zero-order chi connectivity index (χ0) is 12.4. The first-order valence-electron chi connectivity index (χ1n) is 5.92. The molecule has 94 valence electrons. The summed E-state index contributed by atoms with van der Waals surface area (Å²) in [6.45, 7) is 5.39. The van der Waals surface area contributed by atoms with Gasteiger partial charge in [-0.15, -0.1) is 0 Å². The van der Waals surface area contributed by atoms with E-state index in [1.165, 1.54) is 11.5 Å². The number of anilines is 1. The first kappa shape index (κ1) is 12.3. The predicted molar refractivity (Wildman–Crippen MR) is 66.4 cm³/mol. The second kappa shape index (κ2) is 5.00. The van der Waals surface area contributed by atoms with Crippen LogP contribution >= 0.6 is 11.5 Å². The molecule has 0 bridgehead atoms. The molecule has 2 heterocycles. The van der Waals surface area contributed by atoms with E-state index in [4.69, 9.17) is 5.11 Å². The second-order valence-electron chi connectivity index (χ2n) is 4.57. The molecule has 0 amide bonds. The van der Waals surface area contributed by atoms with Crippen LogP contribution in [-0.2, 0) is 11.2 Å². The maximum Gasteiger partial charge on any atom is 0.308 e. The molecule has 2 unspecified atom stereocenters. The highest BCUT2D eigenvalue weighted by Crippen LogP contribution is 2.29. The quantitative estimate of drug-likeness (QED) is 0.886. The van der Waals surface area contributed by atoms with Crippen molar-refractivity contribution >= 4 is 22.6 Å². The molecule has 0 aliphatic carbocycles. The summed E-state index contributed by atoms with van der Waals surface area (Å²) in [5, 5.41) is 9.94. The first-order chi connectivity index (χ1) is 8.11. The molecule has 1 aliphatic heterocycles. The number of nitrogens with zero attached hydrogens (tertiary/aromatic N) is 3. The molecule has 1 N–H and O–H groups in total. The van der Waals surface area contributed by atoms with Crippen molar-refractivity contribution in [1.29, 1.82) is 0 Å². The fourth-order valence-electron chi connectivity index (χ4n) is 2.14. The molecule has 1 aromatic rings. The molecule has 2 atom stereocenters. The first-order valence-corrected chi connectivity index (χ1v) is 6.69. The van der Waals surface area contributed by atoms with Gasteiger partial charge in [0.25, 0.3) is 0 Å². The van der Waals surface area contributed by atoms with E-state index in [2.05, 4.69) is 16.3 Å². The minimum atomic E-state index is -0.710. The van der Waals surface area contributed by atoms with Crippen molar-refractivity contribution < 1.29 is 9.90 Å². The smallest absolute Gasteiger partial charge is 0.308 e. The van der Waals surface area contributed by atoms with Crippen molar-refractivity contribution in [3.05, 3.63) is 5.82 Å². The third kappa shape index (κ3) is 2.57. The van der Waals surface area contributed by atoms with Gasteiger partial charge in [0.15, 0.2) is 0 Å². The average molecular weight is 255 g/mol. The van der Waals surface area contributed by atoms with E-state index in [1.807, 2.05) is 11.8 Å². The van der Waals surface area contributed by atoms with Gasteiger partial charge in [-0.05, 0) is 12.3 Å². The summed E-state index contributed by atoms with van der Waals surface area (Å²) in [5.74, 6) is 0.0526.